The van der Waals surface area contributed by atoms with E-state index in [0.29, 0.717) is 12.8 Å². The van der Waals surface area contributed by atoms with Crippen LogP contribution < -0.4 is 0 Å². The van der Waals surface area contributed by atoms with E-state index in [2.05, 4.69) is 23.6 Å². The highest BCUT2D eigenvalue weighted by Crippen LogP contribution is 2.14. The molecule has 0 aromatic carbocycles. The van der Waals surface area contributed by atoms with Crippen LogP contribution in [0, 0.1) is 0 Å². The van der Waals surface area contributed by atoms with Gasteiger partial charge in [-0.3, -0.25) is 0 Å². The molecule has 130 valence electrons. The molecule has 0 amide bonds. The van der Waals surface area contributed by atoms with E-state index in [1.807, 2.05) is 0 Å². The van der Waals surface area contributed by atoms with Crippen LogP contribution in [-0.4, -0.2) is 22.7 Å². The third kappa shape index (κ3) is 11.1. The summed E-state index contributed by atoms with van der Waals surface area (Å²) in [4.78, 5) is 32.0. The lowest BCUT2D eigenvalue weighted by atomic mass is 10.1. The third-order valence-electron chi connectivity index (χ3n) is 3.34. The first-order valence-electron chi connectivity index (χ1n) is 8.23. The molecule has 0 saturated heterocycles. The van der Waals surface area contributed by atoms with E-state index in [4.69, 9.17) is 23.2 Å². The highest BCUT2D eigenvalue weighted by Gasteiger charge is 2.23. The van der Waals surface area contributed by atoms with Crippen molar-refractivity contribution in [2.45, 2.75) is 88.8 Å². The average Bonchev–Trinajstić information content (AvgIpc) is 2.52. The summed E-state index contributed by atoms with van der Waals surface area (Å²) in [6, 6.07) is 0. The number of hydrogen-bond donors (Lipinski definition) is 0. The van der Waals surface area contributed by atoms with Crippen molar-refractivity contribution >= 4 is 35.1 Å². The van der Waals surface area contributed by atoms with Gasteiger partial charge in [-0.15, -0.1) is 23.2 Å². The van der Waals surface area contributed by atoms with E-state index >= 15 is 0 Å². The number of halogens is 2. The predicted molar refractivity (Wildman–Crippen MR) is 89.0 cm³/mol. The molecular weight excluding hydrogens is 327 g/mol. The maximum atomic E-state index is 11.6. The molecule has 0 bridgehead atoms. The monoisotopic (exact) mass is 354 g/mol. The fourth-order valence-electron chi connectivity index (χ4n) is 1.92. The fourth-order valence-corrected chi connectivity index (χ4v) is 2.30. The zero-order valence-electron chi connectivity index (χ0n) is 13.6. The minimum absolute atomic E-state index is 0.513. The number of carbonyl (C=O) groups is 2. The Morgan fingerprint density at radius 1 is 0.727 bits per heavy atom. The molecule has 0 heterocycles. The van der Waals surface area contributed by atoms with Crippen LogP contribution in [0.4, 0.5) is 0 Å². The van der Waals surface area contributed by atoms with Crippen LogP contribution in [0.1, 0.15) is 78.1 Å². The summed E-state index contributed by atoms with van der Waals surface area (Å²) >= 11 is 11.8. The molecule has 0 aliphatic carbocycles. The predicted octanol–water partition coefficient (Wildman–Crippen LogP) is 5.14. The minimum Gasteiger partial charge on any atom is -0.246 e. The van der Waals surface area contributed by atoms with Crippen molar-refractivity contribution in [2.24, 2.45) is 0 Å². The van der Waals surface area contributed by atoms with Gasteiger partial charge in [-0.25, -0.2) is 19.4 Å². The Hall–Kier alpha value is -0.480. The van der Waals surface area contributed by atoms with Crippen LogP contribution in [0.15, 0.2) is 0 Å². The second-order valence-electron chi connectivity index (χ2n) is 5.44. The van der Waals surface area contributed by atoms with Gasteiger partial charge in [0.1, 0.15) is 10.8 Å². The zero-order chi connectivity index (χ0) is 16.8. The van der Waals surface area contributed by atoms with E-state index in [1.165, 1.54) is 0 Å². The topological polar surface area (TPSA) is 52.6 Å². The number of unbranched alkanes of at least 4 members (excludes halogenated alkanes) is 6. The summed E-state index contributed by atoms with van der Waals surface area (Å²) in [6.45, 7) is 4.22. The van der Waals surface area contributed by atoms with Crippen LogP contribution in [0.3, 0.4) is 0 Å². The Morgan fingerprint density at radius 3 is 1.41 bits per heavy atom. The first kappa shape index (κ1) is 21.5. The molecule has 0 aliphatic rings. The normalized spacial score (nSPS) is 13.5. The summed E-state index contributed by atoms with van der Waals surface area (Å²) < 4.78 is 0. The van der Waals surface area contributed by atoms with Crippen LogP contribution in [0.2, 0.25) is 0 Å². The maximum absolute atomic E-state index is 11.6. The van der Waals surface area contributed by atoms with E-state index in [0.717, 1.165) is 51.4 Å². The first-order chi connectivity index (χ1) is 10.5. The largest absolute Gasteiger partial charge is 0.373 e. The van der Waals surface area contributed by atoms with Crippen molar-refractivity contribution < 1.29 is 19.4 Å². The average molecular weight is 355 g/mol. The molecule has 0 aromatic rings. The molecule has 2 atom stereocenters. The Balaban J connectivity index is 3.80. The number of rotatable bonds is 12. The molecule has 0 rings (SSSR count). The summed E-state index contributed by atoms with van der Waals surface area (Å²) in [5.74, 6) is -1.47. The van der Waals surface area contributed by atoms with E-state index in [-0.39, 0.29) is 0 Å². The highest BCUT2D eigenvalue weighted by molar-refractivity contribution is 6.30. The minimum atomic E-state index is -0.789. The maximum Gasteiger partial charge on any atom is 0.373 e. The van der Waals surface area contributed by atoms with Crippen LogP contribution in [-0.2, 0) is 19.4 Å². The molecule has 0 aliphatic heterocycles. The molecule has 6 heteroatoms. The lowest BCUT2D eigenvalue weighted by molar-refractivity contribution is -0.258. The standard InChI is InChI=1S/C16H28Cl2O4/c1-3-5-7-9-11-13(17)15(19)21-22-16(20)14(18)12-10-8-6-4-2/h13-14H,3-12H2,1-2H3. The van der Waals surface area contributed by atoms with Gasteiger partial charge in [-0.05, 0) is 12.8 Å². The second-order valence-corrected chi connectivity index (χ2v) is 6.49. The van der Waals surface area contributed by atoms with Crippen LogP contribution in [0.5, 0.6) is 0 Å². The molecule has 0 fully saturated rings. The van der Waals surface area contributed by atoms with Gasteiger partial charge in [0.05, 0.1) is 0 Å². The van der Waals surface area contributed by atoms with Gasteiger partial charge in [-0.1, -0.05) is 65.2 Å². The molecule has 4 nitrogen and oxygen atoms in total. The Bertz CT molecular complexity index is 281. The van der Waals surface area contributed by atoms with Gasteiger partial charge < -0.3 is 0 Å². The van der Waals surface area contributed by atoms with Gasteiger partial charge in [0.2, 0.25) is 0 Å². The summed E-state index contributed by atoms with van der Waals surface area (Å²) in [6.07, 6.45) is 9.22. The molecule has 0 spiro atoms. The summed E-state index contributed by atoms with van der Waals surface area (Å²) in [5.41, 5.74) is 0. The van der Waals surface area contributed by atoms with Crippen molar-refractivity contribution in [3.63, 3.8) is 0 Å². The summed E-state index contributed by atoms with van der Waals surface area (Å²) in [7, 11) is 0. The van der Waals surface area contributed by atoms with E-state index < -0.39 is 22.7 Å². The first-order valence-corrected chi connectivity index (χ1v) is 9.10. The van der Waals surface area contributed by atoms with Crippen LogP contribution >= 0.6 is 23.2 Å². The lowest BCUT2D eigenvalue weighted by Gasteiger charge is -2.10. The van der Waals surface area contributed by atoms with E-state index in [1.54, 1.807) is 0 Å². The molecular formula is C16H28Cl2O4. The van der Waals surface area contributed by atoms with Crippen molar-refractivity contribution in [2.75, 3.05) is 0 Å². The van der Waals surface area contributed by atoms with E-state index in [9.17, 15) is 9.59 Å². The molecule has 0 saturated carbocycles. The molecule has 2 unspecified atom stereocenters. The Labute approximate surface area is 143 Å². The quantitative estimate of drug-likeness (QED) is 0.210. The summed E-state index contributed by atoms with van der Waals surface area (Å²) in [5, 5.41) is -1.58. The van der Waals surface area contributed by atoms with Gasteiger partial charge in [-0.2, -0.15) is 0 Å². The highest BCUT2D eigenvalue weighted by atomic mass is 35.5. The molecule has 0 radical (unpaired) electrons. The Morgan fingerprint density at radius 2 is 1.09 bits per heavy atom. The van der Waals surface area contributed by atoms with Crippen molar-refractivity contribution in [3.8, 4) is 0 Å². The van der Waals surface area contributed by atoms with Gasteiger partial charge in [0.15, 0.2) is 0 Å². The number of hydrogen-bond acceptors (Lipinski definition) is 4. The van der Waals surface area contributed by atoms with Crippen LogP contribution in [0.25, 0.3) is 0 Å². The van der Waals surface area contributed by atoms with Crippen molar-refractivity contribution in [1.82, 2.24) is 0 Å². The smallest absolute Gasteiger partial charge is 0.246 e. The number of carbonyl (C=O) groups excluding carboxylic acids is 2. The number of alkyl halides is 2. The lowest BCUT2D eigenvalue weighted by Crippen LogP contribution is -2.24. The zero-order valence-corrected chi connectivity index (χ0v) is 15.1. The molecule has 22 heavy (non-hydrogen) atoms. The van der Waals surface area contributed by atoms with Crippen molar-refractivity contribution in [3.05, 3.63) is 0 Å². The van der Waals surface area contributed by atoms with Gasteiger partial charge in [0, 0.05) is 0 Å². The van der Waals surface area contributed by atoms with Crippen molar-refractivity contribution in [1.29, 1.82) is 0 Å². The van der Waals surface area contributed by atoms with Gasteiger partial charge >= 0.3 is 11.9 Å². The third-order valence-corrected chi connectivity index (χ3v) is 4.13. The SMILES string of the molecule is CCCCCCC(Cl)C(=O)OOC(=O)C(Cl)CCCCCC. The second kappa shape index (κ2) is 14.1. The van der Waals surface area contributed by atoms with Gasteiger partial charge in [0.25, 0.3) is 0 Å². The molecule has 0 aromatic heterocycles. The Kier molecular flexibility index (Phi) is 13.8. The molecule has 0 N–H and O–H groups in total. The fraction of sp³-hybridized carbons (Fsp3) is 0.875.